The zero-order chi connectivity index (χ0) is 12.6. The van der Waals surface area contributed by atoms with Gasteiger partial charge in [-0.3, -0.25) is 0 Å². The molecule has 0 unspecified atom stereocenters. The van der Waals surface area contributed by atoms with E-state index < -0.39 is 0 Å². The van der Waals surface area contributed by atoms with Crippen LogP contribution in [0.4, 0.5) is 10.5 Å². The zero-order valence-corrected chi connectivity index (χ0v) is 10.5. The summed E-state index contributed by atoms with van der Waals surface area (Å²) in [7, 11) is 0. The standard InChI is InChI=1S/C14H19N3O/c18-14(15-12-8-6-3-7-9-12)17-16-13-10-4-1-2-5-11-13/h3,6-9H,1-2,4-5,10-11H2,(H2,15,17,18). The Morgan fingerprint density at radius 3 is 2.33 bits per heavy atom. The Bertz CT molecular complexity index is 404. The molecule has 1 aliphatic rings. The minimum Gasteiger partial charge on any atom is -0.307 e. The molecule has 1 saturated carbocycles. The number of hydrazone groups is 1. The number of hydrogen-bond donors (Lipinski definition) is 2. The van der Waals surface area contributed by atoms with Crippen molar-refractivity contribution in [3.05, 3.63) is 30.3 Å². The average molecular weight is 245 g/mol. The fourth-order valence-electron chi connectivity index (χ4n) is 2.06. The molecule has 2 amide bonds. The predicted octanol–water partition coefficient (Wildman–Crippen LogP) is 3.52. The molecule has 2 rings (SSSR count). The van der Waals surface area contributed by atoms with Crippen LogP contribution in [0.15, 0.2) is 35.4 Å². The smallest absolute Gasteiger partial charge is 0.307 e. The SMILES string of the molecule is O=C(NN=C1CCCCCC1)Nc1ccccc1. The van der Waals surface area contributed by atoms with Crippen molar-refractivity contribution in [2.45, 2.75) is 38.5 Å². The first kappa shape index (κ1) is 12.6. The summed E-state index contributed by atoms with van der Waals surface area (Å²) < 4.78 is 0. The predicted molar refractivity (Wildman–Crippen MR) is 73.7 cm³/mol. The maximum absolute atomic E-state index is 11.6. The highest BCUT2D eigenvalue weighted by atomic mass is 16.2. The summed E-state index contributed by atoms with van der Waals surface area (Å²) in [6.07, 6.45) is 6.92. The average Bonchev–Trinajstić information content (AvgIpc) is 2.66. The quantitative estimate of drug-likeness (QED) is 0.608. The molecule has 4 nitrogen and oxygen atoms in total. The van der Waals surface area contributed by atoms with E-state index >= 15 is 0 Å². The molecule has 1 aliphatic carbocycles. The van der Waals surface area contributed by atoms with Gasteiger partial charge in [0.1, 0.15) is 0 Å². The molecule has 0 atom stereocenters. The third-order valence-corrected chi connectivity index (χ3v) is 3.03. The number of hydrogen-bond acceptors (Lipinski definition) is 2. The topological polar surface area (TPSA) is 53.5 Å². The molecule has 0 aliphatic heterocycles. The van der Waals surface area contributed by atoms with Crippen LogP contribution in [-0.2, 0) is 0 Å². The summed E-state index contributed by atoms with van der Waals surface area (Å²) in [4.78, 5) is 11.6. The van der Waals surface area contributed by atoms with Crippen LogP contribution in [0.2, 0.25) is 0 Å². The molecule has 1 fully saturated rings. The molecule has 96 valence electrons. The van der Waals surface area contributed by atoms with E-state index in [4.69, 9.17) is 0 Å². The van der Waals surface area contributed by atoms with E-state index in [1.165, 1.54) is 25.7 Å². The van der Waals surface area contributed by atoms with Crippen LogP contribution < -0.4 is 10.7 Å². The molecule has 0 saturated heterocycles. The van der Waals surface area contributed by atoms with Crippen molar-refractivity contribution in [1.29, 1.82) is 0 Å². The molecule has 0 radical (unpaired) electrons. The van der Waals surface area contributed by atoms with Crippen LogP contribution in [0.5, 0.6) is 0 Å². The van der Waals surface area contributed by atoms with Gasteiger partial charge in [0, 0.05) is 11.4 Å². The highest BCUT2D eigenvalue weighted by Gasteiger charge is 2.06. The fourth-order valence-corrected chi connectivity index (χ4v) is 2.06. The first-order valence-corrected chi connectivity index (χ1v) is 6.52. The van der Waals surface area contributed by atoms with Crippen LogP contribution >= 0.6 is 0 Å². The van der Waals surface area contributed by atoms with Crippen molar-refractivity contribution < 1.29 is 4.79 Å². The van der Waals surface area contributed by atoms with Crippen molar-refractivity contribution in [3.63, 3.8) is 0 Å². The molecular formula is C14H19N3O. The van der Waals surface area contributed by atoms with Gasteiger partial charge in [-0.1, -0.05) is 31.0 Å². The molecule has 18 heavy (non-hydrogen) atoms. The molecular weight excluding hydrogens is 226 g/mol. The Morgan fingerprint density at radius 2 is 1.67 bits per heavy atom. The van der Waals surface area contributed by atoms with Crippen LogP contribution in [0.3, 0.4) is 0 Å². The van der Waals surface area contributed by atoms with E-state index in [0.29, 0.717) is 0 Å². The number of carbonyl (C=O) groups is 1. The van der Waals surface area contributed by atoms with Crippen molar-refractivity contribution in [1.82, 2.24) is 5.43 Å². The van der Waals surface area contributed by atoms with Gasteiger partial charge >= 0.3 is 6.03 Å². The van der Waals surface area contributed by atoms with E-state index in [0.717, 1.165) is 24.2 Å². The lowest BCUT2D eigenvalue weighted by atomic mass is 10.2. The van der Waals surface area contributed by atoms with Gasteiger partial charge in [-0.05, 0) is 37.8 Å². The van der Waals surface area contributed by atoms with Crippen LogP contribution in [0, 0.1) is 0 Å². The number of nitrogens with one attached hydrogen (secondary N) is 2. The minimum absolute atomic E-state index is 0.280. The summed E-state index contributed by atoms with van der Waals surface area (Å²) in [6.45, 7) is 0. The van der Waals surface area contributed by atoms with Crippen molar-refractivity contribution >= 4 is 17.4 Å². The highest BCUT2D eigenvalue weighted by molar-refractivity contribution is 5.91. The number of amides is 2. The summed E-state index contributed by atoms with van der Waals surface area (Å²) in [6, 6.07) is 9.09. The molecule has 1 aromatic carbocycles. The Hall–Kier alpha value is -1.84. The lowest BCUT2D eigenvalue weighted by Gasteiger charge is -2.05. The van der Waals surface area contributed by atoms with Gasteiger partial charge in [0.05, 0.1) is 0 Å². The van der Waals surface area contributed by atoms with Gasteiger partial charge in [-0.25, -0.2) is 10.2 Å². The van der Waals surface area contributed by atoms with Gasteiger partial charge in [-0.15, -0.1) is 0 Å². The summed E-state index contributed by atoms with van der Waals surface area (Å²) >= 11 is 0. The molecule has 2 N–H and O–H groups in total. The maximum Gasteiger partial charge on any atom is 0.339 e. The second-order valence-corrected chi connectivity index (χ2v) is 4.52. The second-order valence-electron chi connectivity index (χ2n) is 4.52. The first-order chi connectivity index (χ1) is 8.84. The van der Waals surface area contributed by atoms with E-state index in [2.05, 4.69) is 15.8 Å². The molecule has 0 aromatic heterocycles. The zero-order valence-electron chi connectivity index (χ0n) is 10.5. The molecule has 0 spiro atoms. The number of benzene rings is 1. The highest BCUT2D eigenvalue weighted by Crippen LogP contribution is 2.14. The van der Waals surface area contributed by atoms with E-state index in [9.17, 15) is 4.79 Å². The molecule has 1 aromatic rings. The van der Waals surface area contributed by atoms with Crippen molar-refractivity contribution in [3.8, 4) is 0 Å². The van der Waals surface area contributed by atoms with Gasteiger partial charge in [-0.2, -0.15) is 5.10 Å². The third kappa shape index (κ3) is 4.20. The Kier molecular flexibility index (Phi) is 4.76. The molecule has 4 heteroatoms. The van der Waals surface area contributed by atoms with E-state index in [-0.39, 0.29) is 6.03 Å². The fraction of sp³-hybridized carbons (Fsp3) is 0.429. The minimum atomic E-state index is -0.280. The van der Waals surface area contributed by atoms with Crippen LogP contribution in [0.1, 0.15) is 38.5 Å². The number of urea groups is 1. The largest absolute Gasteiger partial charge is 0.339 e. The summed E-state index contributed by atoms with van der Waals surface area (Å²) in [5.74, 6) is 0. The Morgan fingerprint density at radius 1 is 1.00 bits per heavy atom. The van der Waals surface area contributed by atoms with Gasteiger partial charge in [0.25, 0.3) is 0 Å². The lowest BCUT2D eigenvalue weighted by Crippen LogP contribution is -2.25. The number of para-hydroxylation sites is 1. The second kappa shape index (κ2) is 6.79. The van der Waals surface area contributed by atoms with Gasteiger partial charge in [0.15, 0.2) is 0 Å². The number of carbonyl (C=O) groups excluding carboxylic acids is 1. The van der Waals surface area contributed by atoms with Crippen molar-refractivity contribution in [2.75, 3.05) is 5.32 Å². The third-order valence-electron chi connectivity index (χ3n) is 3.03. The van der Waals surface area contributed by atoms with Crippen LogP contribution in [-0.4, -0.2) is 11.7 Å². The van der Waals surface area contributed by atoms with Gasteiger partial charge in [0.2, 0.25) is 0 Å². The number of nitrogens with zero attached hydrogens (tertiary/aromatic N) is 1. The van der Waals surface area contributed by atoms with Crippen molar-refractivity contribution in [2.24, 2.45) is 5.10 Å². The monoisotopic (exact) mass is 245 g/mol. The number of rotatable bonds is 2. The number of anilines is 1. The molecule has 0 heterocycles. The maximum atomic E-state index is 11.6. The Labute approximate surface area is 107 Å². The lowest BCUT2D eigenvalue weighted by molar-refractivity contribution is 0.252. The van der Waals surface area contributed by atoms with E-state index in [1.54, 1.807) is 0 Å². The normalized spacial score (nSPS) is 15.7. The molecule has 0 bridgehead atoms. The summed E-state index contributed by atoms with van der Waals surface area (Å²) in [5, 5.41) is 6.93. The first-order valence-electron chi connectivity index (χ1n) is 6.52. The van der Waals surface area contributed by atoms with Crippen LogP contribution in [0.25, 0.3) is 0 Å². The summed E-state index contributed by atoms with van der Waals surface area (Å²) in [5.41, 5.74) is 4.45. The van der Waals surface area contributed by atoms with Gasteiger partial charge < -0.3 is 5.32 Å². The Balaban J connectivity index is 1.82. The van der Waals surface area contributed by atoms with E-state index in [1.807, 2.05) is 30.3 Å².